The molecule has 0 atom stereocenters. The molecule has 0 unspecified atom stereocenters. The lowest BCUT2D eigenvalue weighted by Crippen LogP contribution is -2.35. The number of nitro benzene ring substituents is 1. The largest absolute Gasteiger partial charge is 0.443 e. The molecule has 2 aromatic rings. The van der Waals surface area contributed by atoms with Gasteiger partial charge in [-0.1, -0.05) is 0 Å². The van der Waals surface area contributed by atoms with Crippen molar-refractivity contribution >= 4 is 22.8 Å². The van der Waals surface area contributed by atoms with Crippen molar-refractivity contribution in [1.82, 2.24) is 9.13 Å². The number of fused-ring (bicyclic) bond motifs is 1. The van der Waals surface area contributed by atoms with E-state index in [4.69, 9.17) is 4.74 Å². The maximum Gasteiger partial charge on any atom is 0.423 e. The molecule has 2 rings (SSSR count). The highest BCUT2D eigenvalue weighted by Gasteiger charge is 2.26. The lowest BCUT2D eigenvalue weighted by Gasteiger charge is -2.19. The van der Waals surface area contributed by atoms with Gasteiger partial charge in [0.15, 0.2) is 0 Å². The Morgan fingerprint density at radius 2 is 1.85 bits per heavy atom. The fourth-order valence-corrected chi connectivity index (χ4v) is 2.44. The van der Waals surface area contributed by atoms with Crippen LogP contribution in [0.1, 0.15) is 41.0 Å². The Labute approximate surface area is 149 Å². The molecule has 9 nitrogen and oxygen atoms in total. The lowest BCUT2D eigenvalue weighted by atomic mass is 10.1. The van der Waals surface area contributed by atoms with Gasteiger partial charge in [-0.2, -0.15) is 4.57 Å². The first-order chi connectivity index (χ1) is 11.8. The van der Waals surface area contributed by atoms with E-state index >= 15 is 0 Å². The quantitative estimate of drug-likeness (QED) is 0.657. The first-order valence-electron chi connectivity index (χ1n) is 8.15. The SMILES string of the molecule is CC(C)(O)CCn1c(=O)n(C(=O)OC(C)(C)C)c2ccc([N+](=O)[O-])cc21. The summed E-state index contributed by atoms with van der Waals surface area (Å²) in [6.07, 6.45) is -0.633. The molecule has 0 amide bonds. The number of aromatic nitrogens is 2. The van der Waals surface area contributed by atoms with Gasteiger partial charge in [0.05, 0.1) is 21.6 Å². The van der Waals surface area contributed by atoms with E-state index in [1.54, 1.807) is 34.6 Å². The second-order valence-electron chi connectivity index (χ2n) is 7.74. The fourth-order valence-electron chi connectivity index (χ4n) is 2.44. The van der Waals surface area contributed by atoms with Gasteiger partial charge in [0.1, 0.15) is 5.60 Å². The summed E-state index contributed by atoms with van der Waals surface area (Å²) in [6, 6.07) is 3.81. The molecule has 142 valence electrons. The average molecular weight is 365 g/mol. The highest BCUT2D eigenvalue weighted by molar-refractivity contribution is 5.88. The van der Waals surface area contributed by atoms with E-state index in [-0.39, 0.29) is 29.7 Å². The van der Waals surface area contributed by atoms with E-state index in [1.165, 1.54) is 22.8 Å². The number of carbonyl (C=O) groups excluding carboxylic acids is 1. The summed E-state index contributed by atoms with van der Waals surface area (Å²) in [5.41, 5.74) is -2.26. The number of carbonyl (C=O) groups is 1. The molecule has 26 heavy (non-hydrogen) atoms. The van der Waals surface area contributed by atoms with Gasteiger partial charge in [-0.3, -0.25) is 14.7 Å². The zero-order valence-corrected chi connectivity index (χ0v) is 15.5. The van der Waals surface area contributed by atoms with E-state index in [9.17, 15) is 24.8 Å². The smallest absolute Gasteiger partial charge is 0.423 e. The summed E-state index contributed by atoms with van der Waals surface area (Å²) < 4.78 is 7.37. The minimum absolute atomic E-state index is 0.0931. The fraction of sp³-hybridized carbons (Fsp3) is 0.529. The van der Waals surface area contributed by atoms with Crippen LogP contribution in [0.25, 0.3) is 11.0 Å². The van der Waals surface area contributed by atoms with Crippen LogP contribution < -0.4 is 5.69 Å². The summed E-state index contributed by atoms with van der Waals surface area (Å²) in [4.78, 5) is 35.8. The van der Waals surface area contributed by atoms with Gasteiger partial charge in [-0.05, 0) is 47.1 Å². The second kappa shape index (κ2) is 6.56. The summed E-state index contributed by atoms with van der Waals surface area (Å²) in [5, 5.41) is 21.0. The van der Waals surface area contributed by atoms with Crippen molar-refractivity contribution in [3.8, 4) is 0 Å². The van der Waals surface area contributed by atoms with Crippen LogP contribution in [-0.2, 0) is 11.3 Å². The van der Waals surface area contributed by atoms with Gasteiger partial charge in [0, 0.05) is 18.7 Å². The van der Waals surface area contributed by atoms with E-state index < -0.39 is 27.9 Å². The van der Waals surface area contributed by atoms with Crippen LogP contribution in [0, 0.1) is 10.1 Å². The molecule has 0 saturated carbocycles. The van der Waals surface area contributed by atoms with Crippen molar-refractivity contribution in [3.63, 3.8) is 0 Å². The normalized spacial score (nSPS) is 12.4. The third kappa shape index (κ3) is 4.29. The molecular formula is C17H23N3O6. The van der Waals surface area contributed by atoms with Gasteiger partial charge in [-0.25, -0.2) is 9.59 Å². The monoisotopic (exact) mass is 365 g/mol. The molecule has 9 heteroatoms. The summed E-state index contributed by atoms with van der Waals surface area (Å²) in [5.74, 6) is 0. The van der Waals surface area contributed by atoms with Crippen molar-refractivity contribution in [3.05, 3.63) is 38.8 Å². The Bertz CT molecular complexity index is 911. The molecule has 0 fully saturated rings. The number of aryl methyl sites for hydroxylation is 1. The number of benzene rings is 1. The van der Waals surface area contributed by atoms with Crippen molar-refractivity contribution < 1.29 is 19.6 Å². The van der Waals surface area contributed by atoms with Crippen LogP contribution in [0.3, 0.4) is 0 Å². The van der Waals surface area contributed by atoms with E-state index in [1.807, 2.05) is 0 Å². The number of ether oxygens (including phenoxy) is 1. The molecule has 1 N–H and O–H groups in total. The summed E-state index contributed by atoms with van der Waals surface area (Å²) in [7, 11) is 0. The predicted octanol–water partition coefficient (Wildman–Crippen LogP) is 2.66. The Morgan fingerprint density at radius 1 is 1.23 bits per heavy atom. The molecular weight excluding hydrogens is 342 g/mol. The molecule has 1 aromatic carbocycles. The van der Waals surface area contributed by atoms with Gasteiger partial charge in [-0.15, -0.1) is 0 Å². The van der Waals surface area contributed by atoms with Gasteiger partial charge < -0.3 is 9.84 Å². The number of nitro groups is 1. The second-order valence-corrected chi connectivity index (χ2v) is 7.74. The summed E-state index contributed by atoms with van der Waals surface area (Å²) in [6.45, 7) is 8.30. The molecule has 1 heterocycles. The number of non-ortho nitro benzene ring substituents is 1. The predicted molar refractivity (Wildman–Crippen MR) is 95.4 cm³/mol. The number of imidazole rings is 1. The third-order valence-corrected chi connectivity index (χ3v) is 3.65. The Balaban J connectivity index is 2.66. The van der Waals surface area contributed by atoms with Crippen molar-refractivity contribution in [2.75, 3.05) is 0 Å². The van der Waals surface area contributed by atoms with Gasteiger partial charge in [0.25, 0.3) is 5.69 Å². The number of aliphatic hydroxyl groups is 1. The maximum absolute atomic E-state index is 12.8. The van der Waals surface area contributed by atoms with Gasteiger partial charge in [0.2, 0.25) is 0 Å². The zero-order chi connectivity index (χ0) is 19.9. The average Bonchev–Trinajstić information content (AvgIpc) is 2.73. The molecule has 0 aliphatic heterocycles. The third-order valence-electron chi connectivity index (χ3n) is 3.65. The molecule has 0 aliphatic rings. The lowest BCUT2D eigenvalue weighted by molar-refractivity contribution is -0.384. The standard InChI is InChI=1S/C17H23N3O6/c1-16(2,3)26-15(22)19-12-7-6-11(20(24)25)10-13(12)18(14(19)21)9-8-17(4,5)23/h6-7,10,23H,8-9H2,1-5H3. The molecule has 0 saturated heterocycles. The molecule has 0 radical (unpaired) electrons. The first kappa shape index (κ1) is 19.6. The van der Waals surface area contributed by atoms with Crippen LogP contribution in [0.15, 0.2) is 23.0 Å². The number of hydrogen-bond donors (Lipinski definition) is 1. The molecule has 0 bridgehead atoms. The minimum Gasteiger partial charge on any atom is -0.443 e. The van der Waals surface area contributed by atoms with E-state index in [2.05, 4.69) is 0 Å². The van der Waals surface area contributed by atoms with Gasteiger partial charge >= 0.3 is 11.8 Å². The Hall–Kier alpha value is -2.68. The van der Waals surface area contributed by atoms with Crippen molar-refractivity contribution in [2.45, 2.75) is 58.8 Å². The van der Waals surface area contributed by atoms with Crippen LogP contribution >= 0.6 is 0 Å². The van der Waals surface area contributed by atoms with Crippen LogP contribution in [-0.4, -0.2) is 36.5 Å². The molecule has 0 spiro atoms. The maximum atomic E-state index is 12.8. The van der Waals surface area contributed by atoms with Crippen LogP contribution in [0.4, 0.5) is 10.5 Å². The van der Waals surface area contributed by atoms with E-state index in [0.29, 0.717) is 0 Å². The highest BCUT2D eigenvalue weighted by atomic mass is 16.6. The van der Waals surface area contributed by atoms with Crippen LogP contribution in [0.2, 0.25) is 0 Å². The Kier molecular flexibility index (Phi) is 4.96. The molecule has 0 aliphatic carbocycles. The number of nitrogens with zero attached hydrogens (tertiary/aromatic N) is 3. The molecule has 1 aromatic heterocycles. The van der Waals surface area contributed by atoms with E-state index in [0.717, 1.165) is 4.57 Å². The van der Waals surface area contributed by atoms with Crippen molar-refractivity contribution in [1.29, 1.82) is 0 Å². The Morgan fingerprint density at radius 3 is 2.35 bits per heavy atom. The summed E-state index contributed by atoms with van der Waals surface area (Å²) >= 11 is 0. The van der Waals surface area contributed by atoms with Crippen LogP contribution in [0.5, 0.6) is 0 Å². The topological polar surface area (TPSA) is 117 Å². The zero-order valence-electron chi connectivity index (χ0n) is 15.5. The van der Waals surface area contributed by atoms with Crippen molar-refractivity contribution in [2.24, 2.45) is 0 Å². The first-order valence-corrected chi connectivity index (χ1v) is 8.15. The highest BCUT2D eigenvalue weighted by Crippen LogP contribution is 2.22. The number of hydrogen-bond acceptors (Lipinski definition) is 6. The number of rotatable bonds is 4. The minimum atomic E-state index is -1.04.